The van der Waals surface area contributed by atoms with Crippen molar-refractivity contribution in [3.63, 3.8) is 0 Å². The second kappa shape index (κ2) is 7.51. The number of ether oxygens (including phenoxy) is 3. The predicted molar refractivity (Wildman–Crippen MR) is 93.9 cm³/mol. The Bertz CT molecular complexity index is 850. The van der Waals surface area contributed by atoms with Gasteiger partial charge in [0, 0.05) is 10.8 Å². The normalized spacial score (nSPS) is 27.0. The number of aliphatic hydroxyl groups is 1. The van der Waals surface area contributed by atoms with Crippen molar-refractivity contribution in [1.82, 2.24) is 9.97 Å². The van der Waals surface area contributed by atoms with Crippen LogP contribution >= 0.6 is 11.8 Å². The quantitative estimate of drug-likeness (QED) is 0.771. The molecule has 0 saturated carbocycles. The number of hydrogen-bond donors (Lipinski definition) is 1. The third-order valence-electron chi connectivity index (χ3n) is 4.57. The fourth-order valence-electron chi connectivity index (χ4n) is 3.13. The average molecular weight is 414 g/mol. The van der Waals surface area contributed by atoms with Crippen molar-refractivity contribution < 1.29 is 32.5 Å². The van der Waals surface area contributed by atoms with E-state index < -0.39 is 24.3 Å². The number of methoxy groups -OCH3 is 1. The molecular formula is C18H17F3N2O4S. The van der Waals surface area contributed by atoms with Crippen molar-refractivity contribution in [2.75, 3.05) is 13.7 Å². The van der Waals surface area contributed by atoms with Crippen LogP contribution in [0.4, 0.5) is 13.2 Å². The van der Waals surface area contributed by atoms with E-state index in [0.29, 0.717) is 17.7 Å². The number of fused-ring (bicyclic) bond motifs is 2. The first kappa shape index (κ1) is 19.4. The number of benzene rings is 1. The van der Waals surface area contributed by atoms with Crippen LogP contribution in [0.5, 0.6) is 5.75 Å². The number of halogens is 3. The molecule has 3 heterocycles. The summed E-state index contributed by atoms with van der Waals surface area (Å²) in [4.78, 5) is 8.00. The smallest absolute Gasteiger partial charge is 0.433 e. The summed E-state index contributed by atoms with van der Waals surface area (Å²) in [5, 5.41) is 9.69. The molecule has 2 aliphatic heterocycles. The van der Waals surface area contributed by atoms with E-state index in [-0.39, 0.29) is 28.8 Å². The van der Waals surface area contributed by atoms with Gasteiger partial charge in [-0.2, -0.15) is 13.2 Å². The first-order chi connectivity index (χ1) is 13.3. The van der Waals surface area contributed by atoms with Crippen LogP contribution < -0.4 is 4.74 Å². The monoisotopic (exact) mass is 414 g/mol. The van der Waals surface area contributed by atoms with Crippen molar-refractivity contribution in [2.24, 2.45) is 0 Å². The number of hydrogen-bond acceptors (Lipinski definition) is 7. The van der Waals surface area contributed by atoms with Crippen LogP contribution in [-0.4, -0.2) is 52.5 Å². The molecule has 1 unspecified atom stereocenters. The predicted octanol–water partition coefficient (Wildman–Crippen LogP) is 3.14. The molecule has 4 rings (SSSR count). The van der Waals surface area contributed by atoms with Gasteiger partial charge in [0.1, 0.15) is 17.5 Å². The fourth-order valence-corrected chi connectivity index (χ4v) is 4.29. The minimum atomic E-state index is -4.61. The Hall–Kier alpha value is -1.88. The summed E-state index contributed by atoms with van der Waals surface area (Å²) in [6, 6.07) is 7.50. The Kier molecular flexibility index (Phi) is 5.21. The number of alkyl halides is 3. The third-order valence-corrected chi connectivity index (χ3v) is 5.77. The highest BCUT2D eigenvalue weighted by Crippen LogP contribution is 2.39. The van der Waals surface area contributed by atoms with Gasteiger partial charge < -0.3 is 19.3 Å². The number of aromatic nitrogens is 2. The lowest BCUT2D eigenvalue weighted by atomic mass is 10.1. The van der Waals surface area contributed by atoms with E-state index in [1.165, 1.54) is 7.11 Å². The summed E-state index contributed by atoms with van der Waals surface area (Å²) in [7, 11) is 1.51. The largest absolute Gasteiger partial charge is 0.497 e. The number of thioether (sulfide) groups is 1. The van der Waals surface area contributed by atoms with E-state index in [1.54, 1.807) is 24.3 Å². The summed E-state index contributed by atoms with van der Waals surface area (Å²) in [5.74, 6) is 0.590. The van der Waals surface area contributed by atoms with Crippen LogP contribution in [0.3, 0.4) is 0 Å². The minimum Gasteiger partial charge on any atom is -0.497 e. The van der Waals surface area contributed by atoms with Gasteiger partial charge in [0.2, 0.25) is 0 Å². The van der Waals surface area contributed by atoms with Crippen LogP contribution in [0.25, 0.3) is 11.3 Å². The molecule has 0 aliphatic carbocycles. The van der Waals surface area contributed by atoms with E-state index in [1.807, 2.05) is 0 Å². The molecule has 2 fully saturated rings. The topological polar surface area (TPSA) is 73.7 Å². The molecule has 2 saturated heterocycles. The molecule has 150 valence electrons. The highest BCUT2D eigenvalue weighted by Gasteiger charge is 2.44. The second-order valence-corrected chi connectivity index (χ2v) is 7.69. The maximum atomic E-state index is 13.4. The van der Waals surface area contributed by atoms with E-state index >= 15 is 0 Å². The molecule has 1 aromatic carbocycles. The van der Waals surface area contributed by atoms with E-state index in [9.17, 15) is 18.3 Å². The molecule has 2 aromatic rings. The van der Waals surface area contributed by atoms with Gasteiger partial charge in [0.05, 0.1) is 25.5 Å². The maximum absolute atomic E-state index is 13.4. The zero-order valence-electron chi connectivity index (χ0n) is 14.7. The maximum Gasteiger partial charge on any atom is 0.433 e. The minimum absolute atomic E-state index is 0.0215. The molecule has 1 aromatic heterocycles. The lowest BCUT2D eigenvalue weighted by Gasteiger charge is -2.30. The van der Waals surface area contributed by atoms with Crippen molar-refractivity contribution >= 4 is 11.8 Å². The number of rotatable bonds is 4. The Morgan fingerprint density at radius 2 is 1.96 bits per heavy atom. The van der Waals surface area contributed by atoms with Gasteiger partial charge in [-0.25, -0.2) is 9.97 Å². The van der Waals surface area contributed by atoms with Crippen molar-refractivity contribution in [2.45, 2.75) is 41.5 Å². The molecule has 2 aliphatic rings. The molecule has 28 heavy (non-hydrogen) atoms. The average Bonchev–Trinajstić information content (AvgIpc) is 3.11. The molecule has 2 bridgehead atoms. The van der Waals surface area contributed by atoms with Crippen LogP contribution in [0.1, 0.15) is 12.1 Å². The van der Waals surface area contributed by atoms with Crippen molar-refractivity contribution in [3.8, 4) is 17.0 Å². The van der Waals surface area contributed by atoms with E-state index in [0.717, 1.165) is 17.8 Å². The summed E-state index contributed by atoms with van der Waals surface area (Å²) in [6.45, 7) is 0.281. The first-order valence-electron chi connectivity index (χ1n) is 8.56. The lowest BCUT2D eigenvalue weighted by Crippen LogP contribution is -2.40. The highest BCUT2D eigenvalue weighted by atomic mass is 32.2. The van der Waals surface area contributed by atoms with Crippen LogP contribution in [0, 0.1) is 0 Å². The lowest BCUT2D eigenvalue weighted by molar-refractivity contribution is -0.150. The second-order valence-electron chi connectivity index (χ2n) is 6.48. The number of aliphatic hydroxyl groups excluding tert-OH is 1. The first-order valence-corrected chi connectivity index (χ1v) is 9.44. The molecular weight excluding hydrogens is 397 g/mol. The van der Waals surface area contributed by atoms with Crippen LogP contribution in [0.15, 0.2) is 35.5 Å². The zero-order valence-corrected chi connectivity index (χ0v) is 15.5. The fraction of sp³-hybridized carbons (Fsp3) is 0.444. The van der Waals surface area contributed by atoms with Crippen LogP contribution in [-0.2, 0) is 15.7 Å². The van der Waals surface area contributed by atoms with E-state index in [2.05, 4.69) is 9.97 Å². The summed E-state index contributed by atoms with van der Waals surface area (Å²) in [5.41, 5.74) is -0.348. The standard InChI is InChI=1S/C18H17F3N2O4S/c1-25-10-4-2-9(3-5-10)11-6-15(18(19,20)21)23-17(22-11)28-14-7-12(24)16-26-8-13(14)27-16/h2-6,12-14,16,24H,7-8H2,1H3/t12?,13-,14+,16-/m0/s1. The van der Waals surface area contributed by atoms with Gasteiger partial charge in [-0.15, -0.1) is 0 Å². The molecule has 1 N–H and O–H groups in total. The Balaban J connectivity index is 1.66. The van der Waals surface area contributed by atoms with Gasteiger partial charge in [0.25, 0.3) is 0 Å². The van der Waals surface area contributed by atoms with Crippen LogP contribution in [0.2, 0.25) is 0 Å². The molecule has 6 nitrogen and oxygen atoms in total. The summed E-state index contributed by atoms with van der Waals surface area (Å²) in [6.07, 6.45) is -6.09. The van der Waals surface area contributed by atoms with E-state index in [4.69, 9.17) is 14.2 Å². The van der Waals surface area contributed by atoms with Gasteiger partial charge >= 0.3 is 6.18 Å². The van der Waals surface area contributed by atoms with Crippen molar-refractivity contribution in [1.29, 1.82) is 0 Å². The van der Waals surface area contributed by atoms with Gasteiger partial charge in [-0.1, -0.05) is 11.8 Å². The molecule has 0 amide bonds. The number of nitrogens with zero attached hydrogens (tertiary/aromatic N) is 2. The summed E-state index contributed by atoms with van der Waals surface area (Å²) >= 11 is 1.06. The Labute approximate surface area is 163 Å². The Morgan fingerprint density at radius 1 is 1.21 bits per heavy atom. The Morgan fingerprint density at radius 3 is 2.64 bits per heavy atom. The third kappa shape index (κ3) is 3.95. The SMILES string of the molecule is COc1ccc(-c2cc(C(F)(F)F)nc(S[C@@H]3CC(O)[C@H]4OC[C@@H]3O4)n2)cc1. The molecule has 0 spiro atoms. The highest BCUT2D eigenvalue weighted by molar-refractivity contribution is 7.99. The molecule has 0 radical (unpaired) electrons. The van der Waals surface area contributed by atoms with Gasteiger partial charge in [-0.05, 0) is 36.8 Å². The van der Waals surface area contributed by atoms with Gasteiger partial charge in [-0.3, -0.25) is 0 Å². The zero-order chi connectivity index (χ0) is 19.9. The molecule has 4 atom stereocenters. The molecule has 10 heteroatoms. The summed E-state index contributed by atoms with van der Waals surface area (Å²) < 4.78 is 56.1. The van der Waals surface area contributed by atoms with Gasteiger partial charge in [0.15, 0.2) is 11.4 Å². The van der Waals surface area contributed by atoms with Crippen molar-refractivity contribution in [3.05, 3.63) is 36.0 Å².